The molecular weight excluding hydrogens is 515 g/mol. The number of aryl methyl sites for hydroxylation is 1. The largest absolute Gasteiger partial charge is 0.462 e. The molecule has 1 aromatic heterocycles. The van der Waals surface area contributed by atoms with Crippen molar-refractivity contribution in [1.29, 1.82) is 0 Å². The fraction of sp³-hybridized carbons (Fsp3) is 0.333. The number of benzene rings is 2. The Balaban J connectivity index is 1.52. The fourth-order valence-electron chi connectivity index (χ4n) is 4.99. The van der Waals surface area contributed by atoms with E-state index in [-0.39, 0.29) is 24.5 Å². The Hall–Kier alpha value is -3.08. The van der Waals surface area contributed by atoms with Crippen LogP contribution in [0.25, 0.3) is 0 Å². The van der Waals surface area contributed by atoms with Crippen LogP contribution in [0.1, 0.15) is 51.7 Å². The summed E-state index contributed by atoms with van der Waals surface area (Å²) in [6.07, 6.45) is 3.68. The number of hydrogen-bond acceptors (Lipinski definition) is 6. The molecule has 1 amide bonds. The highest BCUT2D eigenvalue weighted by molar-refractivity contribution is 7.89. The van der Waals surface area contributed by atoms with Gasteiger partial charge in [-0.1, -0.05) is 24.3 Å². The van der Waals surface area contributed by atoms with Crippen molar-refractivity contribution >= 4 is 38.2 Å². The van der Waals surface area contributed by atoms with Gasteiger partial charge in [-0.25, -0.2) is 17.6 Å². The lowest BCUT2D eigenvalue weighted by molar-refractivity contribution is -0.120. The van der Waals surface area contributed by atoms with Crippen molar-refractivity contribution in [3.63, 3.8) is 0 Å². The van der Waals surface area contributed by atoms with Gasteiger partial charge in [-0.05, 0) is 80.0 Å². The number of hydrogen-bond donors (Lipinski definition) is 1. The first-order chi connectivity index (χ1) is 17.8. The molecule has 1 aliphatic heterocycles. The standard InChI is InChI=1S/C27H27FN2O5S2/c1-2-35-27(32)24-21-9-5-6-10-23(21)36-26(24)29-25(31)22-15-17-7-3-4-8-18(17)16-30(22)37(33,34)20-13-11-19(28)12-14-20/h3-4,7-8,11-14,22H,2,5-6,9-10,15-16H2,1H3,(H,29,31). The van der Waals surface area contributed by atoms with Crippen LogP contribution in [-0.2, 0) is 45.4 Å². The molecule has 2 heterocycles. The molecule has 1 aliphatic carbocycles. The van der Waals surface area contributed by atoms with E-state index >= 15 is 0 Å². The van der Waals surface area contributed by atoms with Crippen LogP contribution in [0.15, 0.2) is 53.4 Å². The van der Waals surface area contributed by atoms with Crippen LogP contribution in [0.2, 0.25) is 0 Å². The number of thiophene rings is 1. The minimum Gasteiger partial charge on any atom is -0.462 e. The molecular formula is C27H27FN2O5S2. The molecule has 0 fully saturated rings. The topological polar surface area (TPSA) is 92.8 Å². The first kappa shape index (κ1) is 25.6. The second kappa shape index (κ2) is 10.4. The highest BCUT2D eigenvalue weighted by atomic mass is 32.2. The summed E-state index contributed by atoms with van der Waals surface area (Å²) in [5.41, 5.74) is 2.97. The molecule has 0 radical (unpaired) electrons. The molecule has 37 heavy (non-hydrogen) atoms. The average molecular weight is 543 g/mol. The van der Waals surface area contributed by atoms with E-state index in [1.54, 1.807) is 6.92 Å². The number of nitrogens with zero attached hydrogens (tertiary/aromatic N) is 1. The van der Waals surface area contributed by atoms with Crippen molar-refractivity contribution in [2.75, 3.05) is 11.9 Å². The van der Waals surface area contributed by atoms with E-state index in [2.05, 4.69) is 5.32 Å². The lowest BCUT2D eigenvalue weighted by atomic mass is 9.94. The number of anilines is 1. The van der Waals surface area contributed by atoms with Gasteiger partial charge in [0, 0.05) is 11.4 Å². The van der Waals surface area contributed by atoms with Crippen LogP contribution in [0.4, 0.5) is 9.39 Å². The van der Waals surface area contributed by atoms with Crippen molar-refractivity contribution in [3.05, 3.63) is 81.5 Å². The summed E-state index contributed by atoms with van der Waals surface area (Å²) in [6.45, 7) is 1.94. The fourth-order valence-corrected chi connectivity index (χ4v) is 7.83. The van der Waals surface area contributed by atoms with Crippen LogP contribution < -0.4 is 5.32 Å². The summed E-state index contributed by atoms with van der Waals surface area (Å²) < 4.78 is 47.3. The van der Waals surface area contributed by atoms with Crippen LogP contribution in [0.5, 0.6) is 0 Å². The van der Waals surface area contributed by atoms with E-state index in [9.17, 15) is 22.4 Å². The molecule has 0 bridgehead atoms. The number of fused-ring (bicyclic) bond motifs is 2. The zero-order valence-corrected chi connectivity index (χ0v) is 22.0. The van der Waals surface area contributed by atoms with E-state index in [4.69, 9.17) is 4.74 Å². The predicted octanol–water partition coefficient (Wildman–Crippen LogP) is 4.70. The van der Waals surface area contributed by atoms with Gasteiger partial charge in [0.1, 0.15) is 16.9 Å². The molecule has 2 aromatic carbocycles. The number of esters is 1. The van der Waals surface area contributed by atoms with Crippen molar-refractivity contribution in [1.82, 2.24) is 4.31 Å². The summed E-state index contributed by atoms with van der Waals surface area (Å²) in [6, 6.07) is 10.9. The number of halogens is 1. The molecule has 194 valence electrons. The highest BCUT2D eigenvalue weighted by Gasteiger charge is 2.40. The minimum atomic E-state index is -4.13. The van der Waals surface area contributed by atoms with Gasteiger partial charge in [-0.3, -0.25) is 4.79 Å². The second-order valence-electron chi connectivity index (χ2n) is 9.12. The van der Waals surface area contributed by atoms with E-state index in [1.165, 1.54) is 23.5 Å². The summed E-state index contributed by atoms with van der Waals surface area (Å²) in [7, 11) is -4.13. The Morgan fingerprint density at radius 3 is 2.51 bits per heavy atom. The van der Waals surface area contributed by atoms with Crippen LogP contribution >= 0.6 is 11.3 Å². The number of carbonyl (C=O) groups excluding carboxylic acids is 2. The molecule has 0 spiro atoms. The maximum absolute atomic E-state index is 13.7. The number of nitrogens with one attached hydrogen (secondary N) is 1. The first-order valence-electron chi connectivity index (χ1n) is 12.3. The van der Waals surface area contributed by atoms with Crippen molar-refractivity contribution in [3.8, 4) is 0 Å². The normalized spacial score (nSPS) is 17.5. The van der Waals surface area contributed by atoms with Crippen molar-refractivity contribution in [2.24, 2.45) is 0 Å². The second-order valence-corrected chi connectivity index (χ2v) is 12.1. The molecule has 2 aliphatic rings. The van der Waals surface area contributed by atoms with Gasteiger partial charge in [-0.2, -0.15) is 4.31 Å². The molecule has 7 nitrogen and oxygen atoms in total. The molecule has 10 heteroatoms. The average Bonchev–Trinajstić information content (AvgIpc) is 3.26. The van der Waals surface area contributed by atoms with Gasteiger partial charge in [0.2, 0.25) is 15.9 Å². The molecule has 1 atom stereocenters. The smallest absolute Gasteiger partial charge is 0.341 e. The maximum atomic E-state index is 13.7. The third-order valence-corrected chi connectivity index (χ3v) is 9.89. The molecule has 1 N–H and O–H groups in total. The Labute approximate surface area is 219 Å². The van der Waals surface area contributed by atoms with Crippen molar-refractivity contribution < 1.29 is 27.1 Å². The number of rotatable bonds is 6. The molecule has 0 saturated heterocycles. The maximum Gasteiger partial charge on any atom is 0.341 e. The van der Waals surface area contributed by atoms with Gasteiger partial charge in [0.05, 0.1) is 17.1 Å². The Morgan fingerprint density at radius 2 is 1.78 bits per heavy atom. The quantitative estimate of drug-likeness (QED) is 0.456. The number of amides is 1. The Kier molecular flexibility index (Phi) is 7.15. The number of carbonyl (C=O) groups is 2. The zero-order chi connectivity index (χ0) is 26.2. The SMILES string of the molecule is CCOC(=O)c1c(NC(=O)C2Cc3ccccc3CN2S(=O)(=O)c2ccc(F)cc2)sc2c1CCCC2. The van der Waals surface area contributed by atoms with Gasteiger partial charge in [0.15, 0.2) is 0 Å². The van der Waals surface area contributed by atoms with Gasteiger partial charge < -0.3 is 10.1 Å². The zero-order valence-electron chi connectivity index (χ0n) is 20.3. The first-order valence-corrected chi connectivity index (χ1v) is 14.5. The third kappa shape index (κ3) is 4.93. The number of sulfonamides is 1. The minimum absolute atomic E-state index is 0.000353. The summed E-state index contributed by atoms with van der Waals surface area (Å²) in [5, 5.41) is 3.28. The van der Waals surface area contributed by atoms with E-state index < -0.39 is 33.8 Å². The van der Waals surface area contributed by atoms with Crippen LogP contribution in [0.3, 0.4) is 0 Å². The third-order valence-electron chi connectivity index (χ3n) is 6.82. The Morgan fingerprint density at radius 1 is 1.08 bits per heavy atom. The van der Waals surface area contributed by atoms with E-state index in [0.29, 0.717) is 10.6 Å². The predicted molar refractivity (Wildman–Crippen MR) is 139 cm³/mol. The van der Waals surface area contributed by atoms with E-state index in [1.807, 2.05) is 24.3 Å². The van der Waals surface area contributed by atoms with Crippen molar-refractivity contribution in [2.45, 2.75) is 56.5 Å². The monoisotopic (exact) mass is 542 g/mol. The summed E-state index contributed by atoms with van der Waals surface area (Å²) in [4.78, 5) is 27.6. The highest BCUT2D eigenvalue weighted by Crippen LogP contribution is 2.39. The van der Waals surface area contributed by atoms with Gasteiger partial charge >= 0.3 is 5.97 Å². The molecule has 5 rings (SSSR count). The number of ether oxygens (including phenoxy) is 1. The van der Waals surface area contributed by atoms with Gasteiger partial charge in [-0.15, -0.1) is 11.3 Å². The molecule has 1 unspecified atom stereocenters. The molecule has 0 saturated carbocycles. The summed E-state index contributed by atoms with van der Waals surface area (Å²) in [5.74, 6) is -1.56. The summed E-state index contributed by atoms with van der Waals surface area (Å²) >= 11 is 1.36. The lowest BCUT2D eigenvalue weighted by Crippen LogP contribution is -2.50. The van der Waals surface area contributed by atoms with Crippen LogP contribution in [0, 0.1) is 5.82 Å². The van der Waals surface area contributed by atoms with Gasteiger partial charge in [0.25, 0.3) is 0 Å². The van der Waals surface area contributed by atoms with Crippen LogP contribution in [-0.4, -0.2) is 37.2 Å². The van der Waals surface area contributed by atoms with E-state index in [0.717, 1.165) is 63.7 Å². The Bertz CT molecular complexity index is 1450. The lowest BCUT2D eigenvalue weighted by Gasteiger charge is -2.35. The molecule has 3 aromatic rings.